The first-order valence-corrected chi connectivity index (χ1v) is 12.6. The average molecular weight is 466 g/mol. The molecule has 0 radical (unpaired) electrons. The van der Waals surface area contributed by atoms with Crippen molar-refractivity contribution in [1.29, 1.82) is 0 Å². The molecule has 0 atom stereocenters. The van der Waals surface area contributed by atoms with E-state index in [9.17, 15) is 0 Å². The molecule has 0 fully saturated rings. The van der Waals surface area contributed by atoms with Gasteiger partial charge in [-0.25, -0.2) is 4.98 Å². The van der Waals surface area contributed by atoms with Crippen LogP contribution in [0.3, 0.4) is 0 Å². The summed E-state index contributed by atoms with van der Waals surface area (Å²) in [4.78, 5) is 8.35. The molecule has 0 aliphatic rings. The number of aromatic amines is 1. The summed E-state index contributed by atoms with van der Waals surface area (Å²) in [5.41, 5.74) is 6.70. The van der Waals surface area contributed by atoms with Crippen LogP contribution in [0.5, 0.6) is 0 Å². The number of imidazole rings is 1. The molecule has 8 rings (SSSR count). The second kappa shape index (κ2) is 7.05. The Kier molecular flexibility index (Phi) is 3.82. The number of aromatic nitrogens is 3. The van der Waals surface area contributed by atoms with Gasteiger partial charge in [0.05, 0.1) is 22.1 Å². The van der Waals surface area contributed by atoms with E-state index in [0.29, 0.717) is 0 Å². The summed E-state index contributed by atoms with van der Waals surface area (Å²) in [6.45, 7) is 0. The van der Waals surface area contributed by atoms with Crippen LogP contribution in [-0.4, -0.2) is 14.5 Å². The van der Waals surface area contributed by atoms with Gasteiger partial charge >= 0.3 is 0 Å². The summed E-state index contributed by atoms with van der Waals surface area (Å²) in [6, 6.07) is 39.0. The number of H-pyrrole nitrogens is 1. The molecular weight excluding hydrogens is 446 g/mol. The van der Waals surface area contributed by atoms with E-state index in [0.717, 1.165) is 28.1 Å². The summed E-state index contributed by atoms with van der Waals surface area (Å²) in [5, 5.41) is 5.18. The molecule has 8 aromatic rings. The van der Waals surface area contributed by atoms with E-state index in [-0.39, 0.29) is 0 Å². The Morgan fingerprint density at radius 1 is 0.600 bits per heavy atom. The SMILES string of the molecule is c1ccc(-n2c3cc(-c4nc5ccccc5[nH]4)ccc3c3cc4c(cc32)sc2ccccc24)cc1. The lowest BCUT2D eigenvalue weighted by Gasteiger charge is -2.08. The smallest absolute Gasteiger partial charge is 0.138 e. The third-order valence-electron chi connectivity index (χ3n) is 6.94. The fourth-order valence-corrected chi connectivity index (χ4v) is 6.45. The van der Waals surface area contributed by atoms with Gasteiger partial charge in [-0.3, -0.25) is 0 Å². The molecule has 3 nitrogen and oxygen atoms in total. The van der Waals surface area contributed by atoms with Crippen LogP contribution in [0, 0.1) is 0 Å². The van der Waals surface area contributed by atoms with E-state index >= 15 is 0 Å². The maximum atomic E-state index is 4.85. The molecule has 0 aliphatic carbocycles. The highest BCUT2D eigenvalue weighted by Gasteiger charge is 2.17. The van der Waals surface area contributed by atoms with Crippen LogP contribution in [0.1, 0.15) is 0 Å². The monoisotopic (exact) mass is 465 g/mol. The lowest BCUT2D eigenvalue weighted by Crippen LogP contribution is -1.93. The number of rotatable bonds is 2. The number of hydrogen-bond donors (Lipinski definition) is 1. The van der Waals surface area contributed by atoms with Crippen molar-refractivity contribution in [3.8, 4) is 17.1 Å². The number of nitrogens with one attached hydrogen (secondary N) is 1. The van der Waals surface area contributed by atoms with E-state index in [1.807, 2.05) is 29.5 Å². The molecule has 35 heavy (non-hydrogen) atoms. The van der Waals surface area contributed by atoms with E-state index in [1.165, 1.54) is 42.0 Å². The fourth-order valence-electron chi connectivity index (χ4n) is 5.33. The summed E-state index contributed by atoms with van der Waals surface area (Å²) >= 11 is 1.86. The number of benzene rings is 5. The van der Waals surface area contributed by atoms with Crippen molar-refractivity contribution in [2.45, 2.75) is 0 Å². The molecule has 0 saturated heterocycles. The highest BCUT2D eigenvalue weighted by Crippen LogP contribution is 2.41. The van der Waals surface area contributed by atoms with Crippen LogP contribution in [-0.2, 0) is 0 Å². The zero-order valence-corrected chi connectivity index (χ0v) is 19.5. The number of para-hydroxylation sites is 3. The molecule has 3 aromatic heterocycles. The Hall–Kier alpha value is -4.41. The molecule has 0 saturated carbocycles. The predicted molar refractivity (Wildman–Crippen MR) is 149 cm³/mol. The third kappa shape index (κ3) is 2.74. The van der Waals surface area contributed by atoms with Crippen molar-refractivity contribution >= 4 is 64.3 Å². The van der Waals surface area contributed by atoms with Crippen LogP contribution in [0.25, 0.3) is 70.1 Å². The van der Waals surface area contributed by atoms with Gasteiger partial charge in [-0.2, -0.15) is 0 Å². The van der Waals surface area contributed by atoms with Crippen molar-refractivity contribution < 1.29 is 0 Å². The van der Waals surface area contributed by atoms with E-state index < -0.39 is 0 Å². The molecule has 0 unspecified atom stereocenters. The fraction of sp³-hybridized carbons (Fsp3) is 0. The van der Waals surface area contributed by atoms with Gasteiger partial charge in [0.1, 0.15) is 5.82 Å². The van der Waals surface area contributed by atoms with Gasteiger partial charge in [0.25, 0.3) is 0 Å². The second-order valence-corrected chi connectivity index (χ2v) is 10.1. The second-order valence-electron chi connectivity index (χ2n) is 8.97. The van der Waals surface area contributed by atoms with Crippen molar-refractivity contribution in [2.75, 3.05) is 0 Å². The van der Waals surface area contributed by atoms with Crippen LogP contribution in [0.15, 0.2) is 109 Å². The predicted octanol–water partition coefficient (Wildman–Crippen LogP) is 8.69. The number of fused-ring (bicyclic) bond motifs is 7. The molecule has 4 heteroatoms. The maximum Gasteiger partial charge on any atom is 0.138 e. The Bertz CT molecular complexity index is 2030. The minimum atomic E-state index is 0.893. The first-order valence-electron chi connectivity index (χ1n) is 11.7. The third-order valence-corrected chi connectivity index (χ3v) is 8.08. The highest BCUT2D eigenvalue weighted by molar-refractivity contribution is 7.25. The van der Waals surface area contributed by atoms with Crippen molar-refractivity contribution in [2.24, 2.45) is 0 Å². The minimum Gasteiger partial charge on any atom is -0.338 e. The minimum absolute atomic E-state index is 0.893. The van der Waals surface area contributed by atoms with Crippen molar-refractivity contribution in [1.82, 2.24) is 14.5 Å². The molecule has 0 spiro atoms. The van der Waals surface area contributed by atoms with Gasteiger partial charge in [-0.05, 0) is 48.5 Å². The van der Waals surface area contributed by atoms with Crippen LogP contribution in [0.2, 0.25) is 0 Å². The number of hydrogen-bond acceptors (Lipinski definition) is 2. The van der Waals surface area contributed by atoms with Crippen LogP contribution < -0.4 is 0 Å². The Morgan fingerprint density at radius 2 is 1.40 bits per heavy atom. The van der Waals surface area contributed by atoms with Gasteiger partial charge in [-0.15, -0.1) is 11.3 Å². The largest absolute Gasteiger partial charge is 0.338 e. The van der Waals surface area contributed by atoms with Gasteiger partial charge in [0.15, 0.2) is 0 Å². The lowest BCUT2D eigenvalue weighted by molar-refractivity contribution is 1.18. The molecule has 3 heterocycles. The van der Waals surface area contributed by atoms with Gasteiger partial charge in [0.2, 0.25) is 0 Å². The van der Waals surface area contributed by atoms with Gasteiger partial charge in [0, 0.05) is 42.2 Å². The van der Waals surface area contributed by atoms with Crippen molar-refractivity contribution in [3.05, 3.63) is 109 Å². The molecular formula is C31H19N3S. The lowest BCUT2D eigenvalue weighted by atomic mass is 10.1. The standard InChI is InChI=1S/C31H19N3S/c1-2-8-20(9-3-1)34-27-16-19(31-32-25-11-5-6-12-26(25)33-31)14-15-21(27)23-17-24-22-10-4-7-13-29(22)35-30(24)18-28(23)34/h1-18H,(H,32,33). The van der Waals surface area contributed by atoms with E-state index in [2.05, 4.69) is 101 Å². The summed E-state index contributed by atoms with van der Waals surface area (Å²) < 4.78 is 5.04. The first kappa shape index (κ1) is 19.0. The summed E-state index contributed by atoms with van der Waals surface area (Å²) in [6.07, 6.45) is 0. The molecule has 0 aliphatic heterocycles. The zero-order chi connectivity index (χ0) is 22.9. The Labute approximate surface area is 204 Å². The molecule has 164 valence electrons. The highest BCUT2D eigenvalue weighted by atomic mass is 32.1. The number of thiophene rings is 1. The Balaban J connectivity index is 1.48. The summed E-state index contributed by atoms with van der Waals surface area (Å²) in [5.74, 6) is 0.893. The summed E-state index contributed by atoms with van der Waals surface area (Å²) in [7, 11) is 0. The topological polar surface area (TPSA) is 33.6 Å². The van der Waals surface area contributed by atoms with Gasteiger partial charge in [-0.1, -0.05) is 60.7 Å². The van der Waals surface area contributed by atoms with Crippen molar-refractivity contribution in [3.63, 3.8) is 0 Å². The van der Waals surface area contributed by atoms with E-state index in [1.54, 1.807) is 0 Å². The quantitative estimate of drug-likeness (QED) is 0.272. The molecule has 5 aromatic carbocycles. The maximum absolute atomic E-state index is 4.85. The normalized spacial score (nSPS) is 12.0. The number of nitrogens with zero attached hydrogens (tertiary/aromatic N) is 2. The molecule has 0 bridgehead atoms. The Morgan fingerprint density at radius 3 is 2.31 bits per heavy atom. The van der Waals surface area contributed by atoms with Crippen LogP contribution >= 0.6 is 11.3 Å². The van der Waals surface area contributed by atoms with E-state index in [4.69, 9.17) is 4.98 Å². The molecule has 0 amide bonds. The molecule has 1 N–H and O–H groups in total. The van der Waals surface area contributed by atoms with Crippen LogP contribution in [0.4, 0.5) is 0 Å². The van der Waals surface area contributed by atoms with Gasteiger partial charge < -0.3 is 9.55 Å². The first-order chi connectivity index (χ1) is 17.3. The zero-order valence-electron chi connectivity index (χ0n) is 18.7. The average Bonchev–Trinajstić information content (AvgIpc) is 3.59.